The van der Waals surface area contributed by atoms with Crippen molar-refractivity contribution in [1.82, 2.24) is 19.9 Å². The average Bonchev–Trinajstić information content (AvgIpc) is 3.28. The maximum atomic E-state index is 12.7. The number of carbonyl (C=O) groups is 1. The van der Waals surface area contributed by atoms with Crippen LogP contribution in [0.3, 0.4) is 0 Å². The quantitative estimate of drug-likeness (QED) is 0.749. The number of carbonyl (C=O) groups excluding carboxylic acids is 1. The molecule has 2 aromatic heterocycles. The lowest BCUT2D eigenvalue weighted by Gasteiger charge is -2.31. The minimum absolute atomic E-state index is 0.136. The summed E-state index contributed by atoms with van der Waals surface area (Å²) in [5, 5.41) is 1.04. The zero-order chi connectivity index (χ0) is 18.1. The van der Waals surface area contributed by atoms with E-state index in [4.69, 9.17) is 0 Å². The third-order valence-corrected chi connectivity index (χ3v) is 6.34. The van der Waals surface area contributed by atoms with Crippen molar-refractivity contribution >= 4 is 28.3 Å². The highest BCUT2D eigenvalue weighted by Gasteiger charge is 2.26. The van der Waals surface area contributed by atoms with Crippen molar-refractivity contribution in [1.29, 1.82) is 0 Å². The Kier molecular flexibility index (Phi) is 4.76. The van der Waals surface area contributed by atoms with Crippen molar-refractivity contribution in [3.8, 4) is 0 Å². The van der Waals surface area contributed by atoms with Crippen LogP contribution in [0.5, 0.6) is 0 Å². The number of aromatic amines is 1. The predicted molar refractivity (Wildman–Crippen MR) is 105 cm³/mol. The number of aromatic nitrogens is 3. The van der Waals surface area contributed by atoms with E-state index in [0.29, 0.717) is 11.8 Å². The van der Waals surface area contributed by atoms with Crippen molar-refractivity contribution in [2.75, 3.05) is 13.1 Å². The lowest BCUT2D eigenvalue weighted by Crippen LogP contribution is -2.38. The summed E-state index contributed by atoms with van der Waals surface area (Å²) in [6, 6.07) is 8.14. The molecule has 4 rings (SSSR count). The molecule has 5 nitrogen and oxygen atoms in total. The number of piperidine rings is 1. The number of likely N-dealkylation sites (tertiary alicyclic amines) is 1. The molecule has 0 radical (unpaired) electrons. The molecule has 1 aliphatic rings. The molecule has 0 aliphatic carbocycles. The van der Waals surface area contributed by atoms with E-state index in [9.17, 15) is 4.79 Å². The Labute approximate surface area is 157 Å². The van der Waals surface area contributed by atoms with Gasteiger partial charge in [0, 0.05) is 25.4 Å². The molecule has 1 aliphatic heterocycles. The number of fused-ring (bicyclic) bond motifs is 1. The second-order valence-corrected chi connectivity index (χ2v) is 8.42. The predicted octanol–water partition coefficient (Wildman–Crippen LogP) is 4.24. The first-order chi connectivity index (χ1) is 12.6. The number of hydrogen-bond acceptors (Lipinski definition) is 4. The molecule has 136 valence electrons. The summed E-state index contributed by atoms with van der Waals surface area (Å²) in [5.74, 6) is 2.14. The average molecular weight is 369 g/mol. The summed E-state index contributed by atoms with van der Waals surface area (Å²) in [6.07, 6.45) is 4.74. The number of nitrogens with one attached hydrogen (secondary N) is 1. The molecule has 1 amide bonds. The number of amides is 1. The van der Waals surface area contributed by atoms with Crippen molar-refractivity contribution in [3.63, 3.8) is 0 Å². The first-order valence-electron chi connectivity index (χ1n) is 9.29. The maximum Gasteiger partial charge on any atom is 0.265 e. The number of benzene rings is 1. The lowest BCUT2D eigenvalue weighted by atomic mass is 9.93. The molecule has 1 saturated heterocycles. The van der Waals surface area contributed by atoms with Gasteiger partial charge in [-0.25, -0.2) is 9.97 Å². The first-order valence-corrected chi connectivity index (χ1v) is 10.1. The van der Waals surface area contributed by atoms with Gasteiger partial charge in [0.05, 0.1) is 22.2 Å². The van der Waals surface area contributed by atoms with Crippen LogP contribution >= 0.6 is 11.3 Å². The van der Waals surface area contributed by atoms with Gasteiger partial charge in [-0.05, 0) is 30.9 Å². The van der Waals surface area contributed by atoms with E-state index in [-0.39, 0.29) is 5.91 Å². The number of H-pyrrole nitrogens is 1. The normalized spacial score (nSPS) is 15.9. The van der Waals surface area contributed by atoms with Crippen LogP contribution in [0.15, 0.2) is 30.5 Å². The van der Waals surface area contributed by atoms with Gasteiger partial charge in [0.2, 0.25) is 0 Å². The molecule has 1 fully saturated rings. The summed E-state index contributed by atoms with van der Waals surface area (Å²) in [5.41, 5.74) is 2.13. The topological polar surface area (TPSA) is 61.9 Å². The van der Waals surface area contributed by atoms with Crippen LogP contribution < -0.4 is 0 Å². The Morgan fingerprint density at radius 1 is 1.31 bits per heavy atom. The van der Waals surface area contributed by atoms with Gasteiger partial charge in [-0.3, -0.25) is 4.79 Å². The zero-order valence-corrected chi connectivity index (χ0v) is 16.1. The SMILES string of the molecule is CC(C)c1ncc(C(=O)N2CCC(Cc3nc4ccccc4[nH]3)CC2)s1. The highest BCUT2D eigenvalue weighted by Crippen LogP contribution is 2.26. The largest absolute Gasteiger partial charge is 0.342 e. The molecule has 0 saturated carbocycles. The van der Waals surface area contributed by atoms with Gasteiger partial charge in [-0.1, -0.05) is 26.0 Å². The molecule has 0 bridgehead atoms. The van der Waals surface area contributed by atoms with Gasteiger partial charge in [0.15, 0.2) is 0 Å². The molecule has 6 heteroatoms. The minimum atomic E-state index is 0.136. The number of para-hydroxylation sites is 2. The van der Waals surface area contributed by atoms with Crippen LogP contribution in [-0.4, -0.2) is 38.8 Å². The van der Waals surface area contributed by atoms with Crippen LogP contribution in [0, 0.1) is 5.92 Å². The minimum Gasteiger partial charge on any atom is -0.342 e. The smallest absolute Gasteiger partial charge is 0.265 e. The van der Waals surface area contributed by atoms with Gasteiger partial charge >= 0.3 is 0 Å². The van der Waals surface area contributed by atoms with Crippen molar-refractivity contribution < 1.29 is 4.79 Å². The second kappa shape index (κ2) is 7.19. The molecule has 1 aromatic carbocycles. The second-order valence-electron chi connectivity index (χ2n) is 7.36. The van der Waals surface area contributed by atoms with E-state index >= 15 is 0 Å². The fourth-order valence-electron chi connectivity index (χ4n) is 3.53. The number of rotatable bonds is 4. The summed E-state index contributed by atoms with van der Waals surface area (Å²) in [7, 11) is 0. The van der Waals surface area contributed by atoms with Crippen molar-refractivity contribution in [2.24, 2.45) is 5.92 Å². The Bertz CT molecular complexity index is 872. The third-order valence-electron chi connectivity index (χ3n) is 5.05. The van der Waals surface area contributed by atoms with E-state index in [0.717, 1.165) is 59.1 Å². The van der Waals surface area contributed by atoms with Crippen molar-refractivity contribution in [3.05, 3.63) is 46.2 Å². The number of nitrogens with zero attached hydrogens (tertiary/aromatic N) is 3. The highest BCUT2D eigenvalue weighted by atomic mass is 32.1. The highest BCUT2D eigenvalue weighted by molar-refractivity contribution is 7.13. The van der Waals surface area contributed by atoms with Crippen LogP contribution in [0.2, 0.25) is 0 Å². The molecule has 0 atom stereocenters. The van der Waals surface area contributed by atoms with Crippen LogP contribution in [0.1, 0.15) is 53.1 Å². The Hall–Kier alpha value is -2.21. The molecule has 3 aromatic rings. The van der Waals surface area contributed by atoms with E-state index in [1.54, 1.807) is 6.20 Å². The number of thiazole rings is 1. The number of hydrogen-bond donors (Lipinski definition) is 1. The summed E-state index contributed by atoms with van der Waals surface area (Å²) < 4.78 is 0. The zero-order valence-electron chi connectivity index (χ0n) is 15.2. The van der Waals surface area contributed by atoms with Gasteiger partial charge in [-0.2, -0.15) is 0 Å². The molecular weight excluding hydrogens is 344 g/mol. The van der Waals surface area contributed by atoms with Crippen molar-refractivity contribution in [2.45, 2.75) is 39.0 Å². The molecule has 3 heterocycles. The lowest BCUT2D eigenvalue weighted by molar-refractivity contribution is 0.0694. The Balaban J connectivity index is 1.35. The third kappa shape index (κ3) is 3.51. The fraction of sp³-hybridized carbons (Fsp3) is 0.450. The summed E-state index contributed by atoms with van der Waals surface area (Å²) >= 11 is 1.53. The molecule has 26 heavy (non-hydrogen) atoms. The molecule has 0 spiro atoms. The molecule has 0 unspecified atom stereocenters. The maximum absolute atomic E-state index is 12.7. The van der Waals surface area contributed by atoms with E-state index < -0.39 is 0 Å². The van der Waals surface area contributed by atoms with Gasteiger partial charge < -0.3 is 9.88 Å². The van der Waals surface area contributed by atoms with Gasteiger partial charge in [-0.15, -0.1) is 11.3 Å². The molecule has 1 N–H and O–H groups in total. The fourth-order valence-corrected chi connectivity index (χ4v) is 4.41. The van der Waals surface area contributed by atoms with Crippen LogP contribution in [-0.2, 0) is 6.42 Å². The molecular formula is C20H24N4OS. The van der Waals surface area contributed by atoms with E-state index in [1.165, 1.54) is 11.3 Å². The Morgan fingerprint density at radius 2 is 2.08 bits per heavy atom. The standard InChI is InChI=1S/C20H24N4OS/c1-13(2)19-21-12-17(26-19)20(25)24-9-7-14(8-10-24)11-18-22-15-5-3-4-6-16(15)23-18/h3-6,12-14H,7-11H2,1-2H3,(H,22,23). The monoisotopic (exact) mass is 368 g/mol. The van der Waals surface area contributed by atoms with E-state index in [2.05, 4.69) is 34.9 Å². The van der Waals surface area contributed by atoms with Crippen LogP contribution in [0.25, 0.3) is 11.0 Å². The number of imidazole rings is 1. The van der Waals surface area contributed by atoms with E-state index in [1.807, 2.05) is 23.1 Å². The summed E-state index contributed by atoms with van der Waals surface area (Å²) in [4.78, 5) is 27.9. The van der Waals surface area contributed by atoms with Gasteiger partial charge in [0.25, 0.3) is 5.91 Å². The van der Waals surface area contributed by atoms with Gasteiger partial charge in [0.1, 0.15) is 10.7 Å². The Morgan fingerprint density at radius 3 is 2.77 bits per heavy atom. The van der Waals surface area contributed by atoms with Crippen LogP contribution in [0.4, 0.5) is 0 Å². The summed E-state index contributed by atoms with van der Waals surface area (Å²) in [6.45, 7) is 5.85. The first kappa shape index (κ1) is 17.2.